The van der Waals surface area contributed by atoms with Crippen molar-refractivity contribution in [3.05, 3.63) is 47.5 Å². The van der Waals surface area contributed by atoms with Crippen LogP contribution < -0.4 is 4.74 Å². The van der Waals surface area contributed by atoms with Gasteiger partial charge in [-0.25, -0.2) is 9.97 Å². The van der Waals surface area contributed by atoms with Crippen molar-refractivity contribution in [1.29, 1.82) is 0 Å². The highest BCUT2D eigenvalue weighted by Crippen LogP contribution is 2.30. The van der Waals surface area contributed by atoms with E-state index in [2.05, 4.69) is 28.8 Å². The van der Waals surface area contributed by atoms with Crippen LogP contribution in [0.2, 0.25) is 0 Å². The van der Waals surface area contributed by atoms with Gasteiger partial charge in [-0.1, -0.05) is 0 Å². The van der Waals surface area contributed by atoms with Crippen LogP contribution in [0.15, 0.2) is 30.7 Å². The highest BCUT2D eigenvalue weighted by atomic mass is 16.5. The van der Waals surface area contributed by atoms with Crippen molar-refractivity contribution in [2.24, 2.45) is 0 Å². The number of imidazole rings is 1. The number of aromatic nitrogens is 5. The zero-order valence-corrected chi connectivity index (χ0v) is 15.6. The molecule has 140 valence electrons. The fraction of sp³-hybridized carbons (Fsp3) is 0.368. The number of ether oxygens (including phenoxy) is 1. The molecule has 0 aromatic carbocycles. The molecule has 0 bridgehead atoms. The van der Waals surface area contributed by atoms with Gasteiger partial charge in [-0.05, 0) is 19.9 Å². The maximum absolute atomic E-state index is 12.9. The number of hydrogen-bond donors (Lipinski definition) is 1. The molecule has 8 heteroatoms. The van der Waals surface area contributed by atoms with Crippen molar-refractivity contribution < 1.29 is 9.53 Å². The Hall–Kier alpha value is -3.16. The van der Waals surface area contributed by atoms with E-state index in [1.807, 2.05) is 9.58 Å². The number of pyridine rings is 1. The predicted molar refractivity (Wildman–Crippen MR) is 99.4 cm³/mol. The van der Waals surface area contributed by atoms with Crippen LogP contribution in [-0.4, -0.2) is 49.2 Å². The van der Waals surface area contributed by atoms with Crippen LogP contribution in [0, 0.1) is 0 Å². The van der Waals surface area contributed by atoms with Crippen LogP contribution in [0.4, 0.5) is 0 Å². The Kier molecular flexibility index (Phi) is 4.39. The first kappa shape index (κ1) is 17.3. The Morgan fingerprint density at radius 1 is 1.30 bits per heavy atom. The first-order valence-corrected chi connectivity index (χ1v) is 8.97. The number of carbonyl (C=O) groups excluding carboxylic acids is 1. The molecule has 4 heterocycles. The van der Waals surface area contributed by atoms with Gasteiger partial charge in [0, 0.05) is 54.9 Å². The lowest BCUT2D eigenvalue weighted by Crippen LogP contribution is -2.36. The Morgan fingerprint density at radius 2 is 2.15 bits per heavy atom. The Labute approximate surface area is 157 Å². The van der Waals surface area contributed by atoms with Gasteiger partial charge < -0.3 is 14.6 Å². The summed E-state index contributed by atoms with van der Waals surface area (Å²) in [6.45, 7) is 5.37. The Morgan fingerprint density at radius 3 is 2.78 bits per heavy atom. The van der Waals surface area contributed by atoms with Crippen LogP contribution in [0.3, 0.4) is 0 Å². The van der Waals surface area contributed by atoms with E-state index in [0.29, 0.717) is 24.5 Å². The van der Waals surface area contributed by atoms with Gasteiger partial charge >= 0.3 is 0 Å². The molecule has 0 saturated carbocycles. The van der Waals surface area contributed by atoms with E-state index >= 15 is 0 Å². The van der Waals surface area contributed by atoms with Crippen LogP contribution in [0.5, 0.6) is 5.88 Å². The van der Waals surface area contributed by atoms with Crippen LogP contribution >= 0.6 is 0 Å². The largest absolute Gasteiger partial charge is 0.481 e. The molecule has 27 heavy (non-hydrogen) atoms. The van der Waals surface area contributed by atoms with Crippen molar-refractivity contribution in [3.8, 4) is 17.4 Å². The average Bonchev–Trinajstić information content (AvgIpc) is 3.34. The molecular weight excluding hydrogens is 344 g/mol. The summed E-state index contributed by atoms with van der Waals surface area (Å²) in [6, 6.07) is 3.69. The topological polar surface area (TPSA) is 88.9 Å². The Balaban J connectivity index is 1.66. The van der Waals surface area contributed by atoms with Gasteiger partial charge in [0.15, 0.2) is 5.82 Å². The summed E-state index contributed by atoms with van der Waals surface area (Å²) in [5, 5.41) is 4.78. The average molecular weight is 366 g/mol. The van der Waals surface area contributed by atoms with E-state index in [4.69, 9.17) is 9.84 Å². The minimum Gasteiger partial charge on any atom is -0.481 e. The van der Waals surface area contributed by atoms with Crippen molar-refractivity contribution in [1.82, 2.24) is 29.6 Å². The molecule has 0 unspecified atom stereocenters. The van der Waals surface area contributed by atoms with Gasteiger partial charge in [0.1, 0.15) is 5.69 Å². The molecule has 1 N–H and O–H groups in total. The highest BCUT2D eigenvalue weighted by Gasteiger charge is 2.30. The maximum atomic E-state index is 12.9. The molecule has 1 aliphatic rings. The Bertz CT molecular complexity index is 943. The molecule has 1 amide bonds. The number of nitrogens with zero attached hydrogens (tertiary/aromatic N) is 5. The number of nitrogens with one attached hydrogen (secondary N) is 1. The first-order chi connectivity index (χ1) is 13.1. The SMILES string of the molecule is COc1ccc(C(=O)N2CCc3c(c(-c4ncc[nH]4)nn3C(C)C)C2)cn1. The van der Waals surface area contributed by atoms with Gasteiger partial charge in [-0.2, -0.15) is 5.10 Å². The molecule has 4 rings (SSSR count). The quantitative estimate of drug-likeness (QED) is 0.766. The summed E-state index contributed by atoms with van der Waals surface area (Å²) < 4.78 is 7.11. The monoisotopic (exact) mass is 366 g/mol. The lowest BCUT2D eigenvalue weighted by atomic mass is 10.0. The van der Waals surface area contributed by atoms with Crippen LogP contribution in [0.25, 0.3) is 11.5 Å². The van der Waals surface area contributed by atoms with E-state index in [9.17, 15) is 4.79 Å². The summed E-state index contributed by atoms with van der Waals surface area (Å²) in [5.74, 6) is 1.18. The summed E-state index contributed by atoms with van der Waals surface area (Å²) in [4.78, 5) is 26.4. The lowest BCUT2D eigenvalue weighted by molar-refractivity contribution is 0.0732. The van der Waals surface area contributed by atoms with Crippen molar-refractivity contribution in [2.75, 3.05) is 13.7 Å². The summed E-state index contributed by atoms with van der Waals surface area (Å²) in [6.07, 6.45) is 5.81. The third-order valence-electron chi connectivity index (χ3n) is 4.78. The second-order valence-corrected chi connectivity index (χ2v) is 6.82. The highest BCUT2D eigenvalue weighted by molar-refractivity contribution is 5.94. The first-order valence-electron chi connectivity index (χ1n) is 8.97. The molecule has 0 spiro atoms. The molecule has 0 fully saturated rings. The van der Waals surface area contributed by atoms with Crippen LogP contribution in [0.1, 0.15) is 41.5 Å². The van der Waals surface area contributed by atoms with Gasteiger partial charge in [0.25, 0.3) is 5.91 Å². The third-order valence-corrected chi connectivity index (χ3v) is 4.78. The molecule has 3 aromatic heterocycles. The summed E-state index contributed by atoms with van der Waals surface area (Å²) in [5.41, 5.74) is 3.59. The van der Waals surface area contributed by atoms with Crippen molar-refractivity contribution >= 4 is 5.91 Å². The fourth-order valence-corrected chi connectivity index (χ4v) is 3.44. The lowest BCUT2D eigenvalue weighted by Gasteiger charge is -2.28. The number of fused-ring (bicyclic) bond motifs is 1. The number of rotatable bonds is 4. The van der Waals surface area contributed by atoms with E-state index < -0.39 is 0 Å². The second-order valence-electron chi connectivity index (χ2n) is 6.82. The number of methoxy groups -OCH3 is 1. The van der Waals surface area contributed by atoms with E-state index in [1.54, 1.807) is 37.8 Å². The molecule has 3 aromatic rings. The zero-order chi connectivity index (χ0) is 19.0. The van der Waals surface area contributed by atoms with Gasteiger partial charge in [-0.3, -0.25) is 9.48 Å². The maximum Gasteiger partial charge on any atom is 0.255 e. The second kappa shape index (κ2) is 6.86. The van der Waals surface area contributed by atoms with E-state index in [-0.39, 0.29) is 11.9 Å². The predicted octanol–water partition coefficient (Wildman–Crippen LogP) is 2.46. The molecule has 0 radical (unpaired) electrons. The molecule has 8 nitrogen and oxygen atoms in total. The number of aromatic amines is 1. The van der Waals surface area contributed by atoms with Gasteiger partial charge in [-0.15, -0.1) is 0 Å². The normalized spacial score (nSPS) is 13.7. The number of H-pyrrole nitrogens is 1. The summed E-state index contributed by atoms with van der Waals surface area (Å²) >= 11 is 0. The molecule has 0 atom stereocenters. The van der Waals surface area contributed by atoms with Gasteiger partial charge in [0.05, 0.1) is 19.2 Å². The molecule has 1 aliphatic heterocycles. The minimum atomic E-state index is -0.0431. The van der Waals surface area contributed by atoms with E-state index in [1.165, 1.54) is 5.69 Å². The number of carbonyl (C=O) groups is 1. The minimum absolute atomic E-state index is 0.0431. The smallest absolute Gasteiger partial charge is 0.255 e. The third kappa shape index (κ3) is 3.07. The zero-order valence-electron chi connectivity index (χ0n) is 15.6. The van der Waals surface area contributed by atoms with Crippen molar-refractivity contribution in [3.63, 3.8) is 0 Å². The van der Waals surface area contributed by atoms with Crippen LogP contribution in [-0.2, 0) is 13.0 Å². The summed E-state index contributed by atoms with van der Waals surface area (Å²) in [7, 11) is 1.55. The number of hydrogen-bond acceptors (Lipinski definition) is 5. The number of amides is 1. The van der Waals surface area contributed by atoms with E-state index in [0.717, 1.165) is 23.5 Å². The molecule has 0 aliphatic carbocycles. The van der Waals surface area contributed by atoms with Gasteiger partial charge in [0.2, 0.25) is 5.88 Å². The molecular formula is C19H22N6O2. The standard InChI is InChI=1S/C19H22N6O2/c1-12(2)25-15-6-9-24(19(26)13-4-5-16(27-3)22-10-13)11-14(15)17(23-25)18-20-7-8-21-18/h4-5,7-8,10,12H,6,9,11H2,1-3H3,(H,20,21). The molecule has 0 saturated heterocycles. The fourth-order valence-electron chi connectivity index (χ4n) is 3.44. The van der Waals surface area contributed by atoms with Crippen molar-refractivity contribution in [2.45, 2.75) is 32.9 Å².